The zero-order valence-corrected chi connectivity index (χ0v) is 11.7. The maximum absolute atomic E-state index is 12.0. The van der Waals surface area contributed by atoms with E-state index in [2.05, 4.69) is 11.4 Å². The second kappa shape index (κ2) is 5.13. The van der Waals surface area contributed by atoms with Gasteiger partial charge in [0, 0.05) is 19.5 Å². The van der Waals surface area contributed by atoms with Gasteiger partial charge in [-0.3, -0.25) is 0 Å². The molecule has 2 aliphatic rings. The zero-order valence-electron chi connectivity index (χ0n) is 10.9. The van der Waals surface area contributed by atoms with Gasteiger partial charge in [0.15, 0.2) is 9.84 Å². The van der Waals surface area contributed by atoms with Crippen molar-refractivity contribution in [2.45, 2.75) is 12.8 Å². The fraction of sp³-hybridized carbons (Fsp3) is 0.571. The minimum atomic E-state index is -2.93. The van der Waals surface area contributed by atoms with E-state index < -0.39 is 9.84 Å². The average molecular weight is 281 g/mol. The van der Waals surface area contributed by atoms with E-state index in [1.807, 2.05) is 12.1 Å². The molecule has 19 heavy (non-hydrogen) atoms. The van der Waals surface area contributed by atoms with Crippen LogP contribution in [0, 0.1) is 5.92 Å². The first kappa shape index (κ1) is 12.9. The van der Waals surface area contributed by atoms with Crippen molar-refractivity contribution in [2.75, 3.05) is 31.2 Å². The number of benzene rings is 1. The molecule has 4 nitrogen and oxygen atoms in total. The molecule has 1 saturated heterocycles. The Bertz CT molecular complexity index is 564. The highest BCUT2D eigenvalue weighted by atomic mass is 32.2. The predicted molar refractivity (Wildman–Crippen MR) is 74.4 cm³/mol. The van der Waals surface area contributed by atoms with E-state index >= 15 is 0 Å². The largest absolute Gasteiger partial charge is 0.493 e. The molecule has 5 heteroatoms. The molecule has 1 aromatic rings. The van der Waals surface area contributed by atoms with Gasteiger partial charge in [-0.2, -0.15) is 0 Å². The van der Waals surface area contributed by atoms with E-state index in [4.69, 9.17) is 4.74 Å². The highest BCUT2D eigenvalue weighted by Crippen LogP contribution is 2.26. The molecule has 1 fully saturated rings. The van der Waals surface area contributed by atoms with Crippen molar-refractivity contribution in [3.8, 4) is 5.75 Å². The zero-order chi connectivity index (χ0) is 13.3. The summed E-state index contributed by atoms with van der Waals surface area (Å²) in [5.41, 5.74) is 2.30. The lowest BCUT2D eigenvalue weighted by Crippen LogP contribution is -2.45. The molecule has 0 bridgehead atoms. The van der Waals surface area contributed by atoms with Gasteiger partial charge < -0.3 is 10.1 Å². The smallest absolute Gasteiger partial charge is 0.151 e. The van der Waals surface area contributed by atoms with E-state index in [0.29, 0.717) is 18.1 Å². The number of rotatable bonds is 5. The van der Waals surface area contributed by atoms with Gasteiger partial charge in [0.25, 0.3) is 0 Å². The normalized spacial score (nSPS) is 18.7. The van der Waals surface area contributed by atoms with Crippen LogP contribution in [-0.4, -0.2) is 39.6 Å². The van der Waals surface area contributed by atoms with Crippen molar-refractivity contribution in [2.24, 2.45) is 5.92 Å². The van der Waals surface area contributed by atoms with Gasteiger partial charge in [0.2, 0.25) is 0 Å². The quantitative estimate of drug-likeness (QED) is 0.867. The van der Waals surface area contributed by atoms with Crippen LogP contribution in [0.25, 0.3) is 0 Å². The highest BCUT2D eigenvalue weighted by Gasteiger charge is 2.24. The topological polar surface area (TPSA) is 55.4 Å². The van der Waals surface area contributed by atoms with Gasteiger partial charge in [-0.1, -0.05) is 12.1 Å². The molecule has 0 amide bonds. The van der Waals surface area contributed by atoms with Crippen LogP contribution in [0.1, 0.15) is 11.1 Å². The van der Waals surface area contributed by atoms with Crippen molar-refractivity contribution in [3.05, 3.63) is 29.3 Å². The monoisotopic (exact) mass is 281 g/mol. The third-order valence-corrected chi connectivity index (χ3v) is 5.62. The Kier molecular flexibility index (Phi) is 3.50. The summed E-state index contributed by atoms with van der Waals surface area (Å²) in [7, 11) is -2.93. The first-order chi connectivity index (χ1) is 9.12. The first-order valence-corrected chi connectivity index (χ1v) is 8.60. The molecule has 1 N–H and O–H groups in total. The van der Waals surface area contributed by atoms with E-state index in [1.165, 1.54) is 5.56 Å². The number of nitrogens with one attached hydrogen (secondary N) is 1. The fourth-order valence-electron chi connectivity index (χ4n) is 2.58. The minimum absolute atomic E-state index is 0.253. The lowest BCUT2D eigenvalue weighted by atomic mass is 10.1. The third-order valence-electron chi connectivity index (χ3n) is 3.81. The van der Waals surface area contributed by atoms with Gasteiger partial charge >= 0.3 is 0 Å². The van der Waals surface area contributed by atoms with Crippen LogP contribution in [0.15, 0.2) is 18.2 Å². The Morgan fingerprint density at radius 3 is 2.89 bits per heavy atom. The SMILES string of the molecule is O=S(=O)(CCc1ccc2c(c1)CCO2)CC1CNC1. The number of hydrogen-bond acceptors (Lipinski definition) is 4. The molecule has 0 aromatic heterocycles. The molecule has 0 unspecified atom stereocenters. The molecule has 3 rings (SSSR count). The second-order valence-electron chi connectivity index (χ2n) is 5.43. The Balaban J connectivity index is 1.59. The Hall–Kier alpha value is -1.07. The minimum Gasteiger partial charge on any atom is -0.493 e. The summed E-state index contributed by atoms with van der Waals surface area (Å²) in [6, 6.07) is 6.02. The number of sulfone groups is 1. The average Bonchev–Trinajstić information content (AvgIpc) is 2.79. The first-order valence-electron chi connectivity index (χ1n) is 6.78. The molecule has 0 spiro atoms. The van der Waals surface area contributed by atoms with Crippen molar-refractivity contribution < 1.29 is 13.2 Å². The van der Waals surface area contributed by atoms with Gasteiger partial charge in [0.1, 0.15) is 5.75 Å². The Labute approximate surface area is 114 Å². The second-order valence-corrected chi connectivity index (χ2v) is 7.66. The summed E-state index contributed by atoms with van der Waals surface area (Å²) in [5.74, 6) is 1.85. The van der Waals surface area contributed by atoms with Crippen LogP contribution in [0.4, 0.5) is 0 Å². The summed E-state index contributed by atoms with van der Waals surface area (Å²) in [6.07, 6.45) is 1.54. The number of fused-ring (bicyclic) bond motifs is 1. The van der Waals surface area contributed by atoms with Crippen molar-refractivity contribution in [1.82, 2.24) is 5.32 Å². The third kappa shape index (κ3) is 3.09. The van der Waals surface area contributed by atoms with Crippen LogP contribution in [0.3, 0.4) is 0 Å². The lowest BCUT2D eigenvalue weighted by Gasteiger charge is -2.26. The van der Waals surface area contributed by atoms with Gasteiger partial charge in [-0.05, 0) is 29.5 Å². The van der Waals surface area contributed by atoms with Gasteiger partial charge in [-0.15, -0.1) is 0 Å². The van der Waals surface area contributed by atoms with E-state index in [9.17, 15) is 8.42 Å². The van der Waals surface area contributed by atoms with Crippen molar-refractivity contribution in [3.63, 3.8) is 0 Å². The van der Waals surface area contributed by atoms with Gasteiger partial charge in [0.05, 0.1) is 18.1 Å². The van der Waals surface area contributed by atoms with Crippen LogP contribution < -0.4 is 10.1 Å². The summed E-state index contributed by atoms with van der Waals surface area (Å²) in [5, 5.41) is 3.11. The fourth-order valence-corrected chi connectivity index (χ4v) is 4.24. The summed E-state index contributed by atoms with van der Waals surface area (Å²) < 4.78 is 29.4. The molecule has 1 aromatic carbocycles. The molecule has 2 aliphatic heterocycles. The Morgan fingerprint density at radius 1 is 1.32 bits per heavy atom. The molecule has 104 valence electrons. The number of aryl methyl sites for hydroxylation is 1. The molecule has 0 atom stereocenters. The molecule has 0 saturated carbocycles. The Morgan fingerprint density at radius 2 is 2.16 bits per heavy atom. The number of ether oxygens (including phenoxy) is 1. The van der Waals surface area contributed by atoms with Gasteiger partial charge in [-0.25, -0.2) is 8.42 Å². The number of hydrogen-bond donors (Lipinski definition) is 1. The van der Waals surface area contributed by atoms with E-state index in [-0.39, 0.29) is 5.75 Å². The van der Waals surface area contributed by atoms with Crippen LogP contribution >= 0.6 is 0 Å². The maximum Gasteiger partial charge on any atom is 0.151 e. The highest BCUT2D eigenvalue weighted by molar-refractivity contribution is 7.91. The standard InChI is InChI=1S/C14H19NO3S/c16-19(17,10-12-8-15-9-12)6-4-11-1-2-14-13(7-11)3-5-18-14/h1-2,7,12,15H,3-6,8-10H2. The molecular formula is C14H19NO3S. The van der Waals surface area contributed by atoms with Crippen LogP contribution in [0.2, 0.25) is 0 Å². The van der Waals surface area contributed by atoms with Crippen LogP contribution in [-0.2, 0) is 22.7 Å². The predicted octanol–water partition coefficient (Wildman–Crippen LogP) is 0.798. The maximum atomic E-state index is 12.0. The summed E-state index contributed by atoms with van der Waals surface area (Å²) in [4.78, 5) is 0. The van der Waals surface area contributed by atoms with Crippen molar-refractivity contribution >= 4 is 9.84 Å². The molecule has 2 heterocycles. The summed E-state index contributed by atoms with van der Waals surface area (Å²) in [6.45, 7) is 2.43. The summed E-state index contributed by atoms with van der Waals surface area (Å²) >= 11 is 0. The molecular weight excluding hydrogens is 262 g/mol. The van der Waals surface area contributed by atoms with E-state index in [1.54, 1.807) is 0 Å². The van der Waals surface area contributed by atoms with E-state index in [0.717, 1.165) is 37.4 Å². The lowest BCUT2D eigenvalue weighted by molar-refractivity contribution is 0.357. The molecule has 0 aliphatic carbocycles. The van der Waals surface area contributed by atoms with Crippen LogP contribution in [0.5, 0.6) is 5.75 Å². The van der Waals surface area contributed by atoms with Crippen molar-refractivity contribution in [1.29, 1.82) is 0 Å². The molecule has 0 radical (unpaired) electrons.